The lowest BCUT2D eigenvalue weighted by molar-refractivity contribution is -0.523. The molecule has 1 heterocycles. The summed E-state index contributed by atoms with van der Waals surface area (Å²) in [4.78, 5) is 24.4. The highest BCUT2D eigenvalue weighted by Gasteiger charge is 2.86. The molecule has 0 aromatic heterocycles. The molecule has 4 unspecified atom stereocenters. The fourth-order valence-electron chi connectivity index (χ4n) is 3.41. The quantitative estimate of drug-likeness (QED) is 0.417. The van der Waals surface area contributed by atoms with Gasteiger partial charge in [0.2, 0.25) is 0 Å². The molecule has 1 saturated heterocycles. The summed E-state index contributed by atoms with van der Waals surface area (Å²) in [7, 11) is 0. The first-order valence-corrected chi connectivity index (χ1v) is 8.95. The van der Waals surface area contributed by atoms with Gasteiger partial charge in [0, 0.05) is 0 Å². The van der Waals surface area contributed by atoms with E-state index in [0.29, 0.717) is 0 Å². The van der Waals surface area contributed by atoms with Gasteiger partial charge in [0.05, 0.1) is 13.2 Å². The zero-order valence-corrected chi connectivity index (χ0v) is 16.9. The molecule has 7 nitrogen and oxygen atoms in total. The van der Waals surface area contributed by atoms with Gasteiger partial charge in [-0.15, -0.1) is 0 Å². The van der Waals surface area contributed by atoms with Gasteiger partial charge in [-0.25, -0.2) is 0 Å². The minimum Gasteiger partial charge on any atom is -0.466 e. The van der Waals surface area contributed by atoms with Crippen LogP contribution in [0.2, 0.25) is 0 Å². The van der Waals surface area contributed by atoms with Crippen molar-refractivity contribution in [2.75, 3.05) is 13.2 Å². The molecule has 1 aliphatic rings. The van der Waals surface area contributed by atoms with Crippen LogP contribution in [-0.2, 0) is 23.8 Å². The van der Waals surface area contributed by atoms with Crippen molar-refractivity contribution in [1.29, 1.82) is 0 Å². The number of rotatable bonds is 6. The van der Waals surface area contributed by atoms with Crippen LogP contribution in [0, 0.1) is 17.8 Å². The van der Waals surface area contributed by atoms with Gasteiger partial charge < -0.3 is 24.4 Å². The summed E-state index contributed by atoms with van der Waals surface area (Å²) in [5.41, 5.74) is 0. The average Bonchev–Trinajstić information content (AvgIpc) is 2.59. The number of hydrogen-bond donors (Lipinski definition) is 2. The van der Waals surface area contributed by atoms with Crippen molar-refractivity contribution >= 4 is 11.9 Å². The molecule has 1 rings (SSSR count). The Morgan fingerprint density at radius 1 is 0.758 bits per heavy atom. The molecular weight excluding hydrogens is 494 g/mol. The fourth-order valence-corrected chi connectivity index (χ4v) is 3.41. The number of alkyl halides is 10. The third kappa shape index (κ3) is 4.34. The molecule has 0 bridgehead atoms. The van der Waals surface area contributed by atoms with Gasteiger partial charge >= 0.3 is 36.1 Å². The highest BCUT2D eigenvalue weighted by atomic mass is 19.4. The Balaban J connectivity index is 4.03. The van der Waals surface area contributed by atoms with Crippen LogP contribution in [0.1, 0.15) is 20.8 Å². The number of aliphatic hydroxyl groups is 2. The minimum absolute atomic E-state index is 0.278. The second-order valence-corrected chi connectivity index (χ2v) is 6.96. The normalized spacial score (nSPS) is 31.8. The van der Waals surface area contributed by atoms with Crippen molar-refractivity contribution < 1.29 is 77.9 Å². The van der Waals surface area contributed by atoms with E-state index in [1.54, 1.807) is 0 Å². The van der Waals surface area contributed by atoms with Gasteiger partial charge in [-0.05, 0) is 19.8 Å². The highest BCUT2D eigenvalue weighted by Crippen LogP contribution is 2.60. The Morgan fingerprint density at radius 3 is 1.24 bits per heavy atom. The number of esters is 2. The largest absolute Gasteiger partial charge is 0.466 e. The van der Waals surface area contributed by atoms with Crippen LogP contribution in [0.5, 0.6) is 0 Å². The molecule has 0 aliphatic carbocycles. The molecule has 0 aromatic carbocycles. The molecule has 0 spiro atoms. The van der Waals surface area contributed by atoms with E-state index in [9.17, 15) is 63.7 Å². The first-order valence-electron chi connectivity index (χ1n) is 8.95. The average molecular weight is 512 g/mol. The van der Waals surface area contributed by atoms with Crippen molar-refractivity contribution in [3.63, 3.8) is 0 Å². The summed E-state index contributed by atoms with van der Waals surface area (Å²) >= 11 is 0. The van der Waals surface area contributed by atoms with Crippen LogP contribution < -0.4 is 0 Å². The Bertz CT molecular complexity index is 693. The van der Waals surface area contributed by atoms with Crippen LogP contribution in [0.3, 0.4) is 0 Å². The van der Waals surface area contributed by atoms with E-state index < -0.39 is 78.7 Å². The predicted octanol–water partition coefficient (Wildman–Crippen LogP) is 2.78. The standard InChI is InChI=1S/C16H18F10O7/c1-4-31-9(27)7-6(3)8(10(28)32-5-2)12(30,14(19,20)16(24,25)26)33-11(7,29)13(17,18)15(21,22)23/h6-8,29-30H,4-5H2,1-3H3. The Kier molecular flexibility index (Phi) is 7.70. The molecule has 0 aromatic rings. The van der Waals surface area contributed by atoms with E-state index >= 15 is 0 Å². The van der Waals surface area contributed by atoms with Crippen molar-refractivity contribution in [2.45, 2.75) is 56.5 Å². The lowest BCUT2D eigenvalue weighted by Crippen LogP contribution is -2.78. The second-order valence-electron chi connectivity index (χ2n) is 6.96. The van der Waals surface area contributed by atoms with Gasteiger partial charge in [0.15, 0.2) is 0 Å². The van der Waals surface area contributed by atoms with E-state index in [0.717, 1.165) is 13.8 Å². The maximum absolute atomic E-state index is 14.3. The number of carbonyl (C=O) groups excluding carboxylic acids is 2. The smallest absolute Gasteiger partial charge is 0.459 e. The molecule has 4 atom stereocenters. The lowest BCUT2D eigenvalue weighted by atomic mass is 9.68. The molecule has 194 valence electrons. The molecule has 0 amide bonds. The molecule has 1 aliphatic heterocycles. The number of ether oxygens (including phenoxy) is 3. The number of halogens is 10. The molecule has 17 heteroatoms. The van der Waals surface area contributed by atoms with Gasteiger partial charge in [-0.2, -0.15) is 43.9 Å². The monoisotopic (exact) mass is 512 g/mol. The summed E-state index contributed by atoms with van der Waals surface area (Å²) in [6.07, 6.45) is -13.8. The van der Waals surface area contributed by atoms with Crippen molar-refractivity contribution in [3.05, 3.63) is 0 Å². The lowest BCUT2D eigenvalue weighted by Gasteiger charge is -2.55. The number of carbonyl (C=O) groups is 2. The summed E-state index contributed by atoms with van der Waals surface area (Å²) < 4.78 is 147. The minimum atomic E-state index is -6.91. The SMILES string of the molecule is CCOC(=O)C1C(C)C(C(=O)OCC)C(O)(C(F)(F)C(F)(F)F)OC1(O)C(F)(F)C(F)(F)F. The summed E-state index contributed by atoms with van der Waals surface area (Å²) in [5.74, 6) is -38.6. The van der Waals surface area contributed by atoms with E-state index in [1.165, 1.54) is 0 Å². The van der Waals surface area contributed by atoms with E-state index in [1.807, 2.05) is 0 Å². The van der Waals surface area contributed by atoms with Crippen molar-refractivity contribution in [2.24, 2.45) is 17.8 Å². The van der Waals surface area contributed by atoms with Crippen LogP contribution in [-0.4, -0.2) is 71.1 Å². The third-order valence-electron chi connectivity index (χ3n) is 4.90. The topological polar surface area (TPSA) is 102 Å². The predicted molar refractivity (Wildman–Crippen MR) is 82.4 cm³/mol. The molecular formula is C16H18F10O7. The highest BCUT2D eigenvalue weighted by molar-refractivity contribution is 5.79. The van der Waals surface area contributed by atoms with Gasteiger partial charge in [-0.3, -0.25) is 9.59 Å². The molecule has 0 saturated carbocycles. The zero-order chi connectivity index (χ0) is 26.4. The Morgan fingerprint density at radius 2 is 1.03 bits per heavy atom. The second kappa shape index (κ2) is 8.72. The zero-order valence-electron chi connectivity index (χ0n) is 16.9. The summed E-state index contributed by atoms with van der Waals surface area (Å²) in [5, 5.41) is 20.3. The van der Waals surface area contributed by atoms with Crippen LogP contribution in [0.25, 0.3) is 0 Å². The maximum Gasteiger partial charge on any atom is 0.459 e. The van der Waals surface area contributed by atoms with E-state index in [-0.39, 0.29) is 6.92 Å². The van der Waals surface area contributed by atoms with Crippen LogP contribution in [0.15, 0.2) is 0 Å². The molecule has 0 radical (unpaired) electrons. The van der Waals surface area contributed by atoms with Crippen LogP contribution in [0.4, 0.5) is 43.9 Å². The third-order valence-corrected chi connectivity index (χ3v) is 4.90. The fraction of sp³-hybridized carbons (Fsp3) is 0.875. The van der Waals surface area contributed by atoms with Crippen molar-refractivity contribution in [1.82, 2.24) is 0 Å². The molecule has 2 N–H and O–H groups in total. The van der Waals surface area contributed by atoms with E-state index in [4.69, 9.17) is 0 Å². The molecule has 33 heavy (non-hydrogen) atoms. The van der Waals surface area contributed by atoms with Gasteiger partial charge in [0.25, 0.3) is 11.6 Å². The molecule has 1 fully saturated rings. The first-order chi connectivity index (χ1) is 14.6. The summed E-state index contributed by atoms with van der Waals surface area (Å²) in [6, 6.07) is 0. The van der Waals surface area contributed by atoms with Gasteiger partial charge in [0.1, 0.15) is 11.8 Å². The van der Waals surface area contributed by atoms with Crippen molar-refractivity contribution in [3.8, 4) is 0 Å². The van der Waals surface area contributed by atoms with Gasteiger partial charge in [-0.1, -0.05) is 6.92 Å². The summed E-state index contributed by atoms with van der Waals surface area (Å²) in [6.45, 7) is 0.792. The number of hydrogen-bond acceptors (Lipinski definition) is 7. The van der Waals surface area contributed by atoms with E-state index in [2.05, 4.69) is 14.2 Å². The Hall–Kier alpha value is -1.88. The Labute approximate surface area is 178 Å². The van der Waals surface area contributed by atoms with Crippen LogP contribution >= 0.6 is 0 Å². The maximum atomic E-state index is 14.3. The first kappa shape index (κ1) is 29.2.